The molecule has 3 nitrogen and oxygen atoms in total. The minimum atomic E-state index is -0.0428. The fourth-order valence-electron chi connectivity index (χ4n) is 5.33. The summed E-state index contributed by atoms with van der Waals surface area (Å²) >= 11 is 1.93. The van der Waals surface area contributed by atoms with Gasteiger partial charge < -0.3 is 5.32 Å². The predicted octanol–water partition coefficient (Wildman–Crippen LogP) is 4.82. The van der Waals surface area contributed by atoms with E-state index in [0.717, 1.165) is 37.5 Å². The Hall–Kier alpha value is -0.740. The number of aliphatic imine (C=N–C) groups is 1. The van der Waals surface area contributed by atoms with Crippen LogP contribution in [0.4, 0.5) is 0 Å². The Balaban J connectivity index is 0.00000210. The molecular formula is C22H33ClN2OS. The van der Waals surface area contributed by atoms with E-state index in [9.17, 15) is 4.79 Å². The number of amides is 1. The maximum atomic E-state index is 13.1. The van der Waals surface area contributed by atoms with Crippen molar-refractivity contribution in [1.29, 1.82) is 0 Å². The van der Waals surface area contributed by atoms with Gasteiger partial charge in [-0.15, -0.1) is 24.2 Å². The van der Waals surface area contributed by atoms with Crippen molar-refractivity contribution in [1.82, 2.24) is 5.32 Å². The van der Waals surface area contributed by atoms with Crippen LogP contribution < -0.4 is 5.32 Å². The molecule has 0 aromatic rings. The van der Waals surface area contributed by atoms with Crippen molar-refractivity contribution in [2.75, 3.05) is 12.3 Å². The van der Waals surface area contributed by atoms with Crippen LogP contribution in [0.25, 0.3) is 0 Å². The Labute approximate surface area is 174 Å². The van der Waals surface area contributed by atoms with E-state index in [4.69, 9.17) is 4.99 Å². The van der Waals surface area contributed by atoms with E-state index < -0.39 is 0 Å². The molecule has 0 radical (unpaired) electrons. The summed E-state index contributed by atoms with van der Waals surface area (Å²) in [5, 5.41) is 3.42. The number of hydrogen-bond acceptors (Lipinski definition) is 3. The maximum Gasteiger partial charge on any atom is 0.224 e. The zero-order chi connectivity index (χ0) is 18.4. The van der Waals surface area contributed by atoms with Crippen LogP contribution >= 0.6 is 24.2 Å². The van der Waals surface area contributed by atoms with Gasteiger partial charge in [-0.25, -0.2) is 0 Å². The fourth-order valence-corrected chi connectivity index (χ4v) is 7.12. The smallest absolute Gasteiger partial charge is 0.224 e. The molecule has 4 aliphatic rings. The van der Waals surface area contributed by atoms with Crippen molar-refractivity contribution in [2.24, 2.45) is 28.2 Å². The number of allylic oxidation sites excluding steroid dienone is 3. The Morgan fingerprint density at radius 2 is 1.93 bits per heavy atom. The van der Waals surface area contributed by atoms with Crippen LogP contribution in [0.2, 0.25) is 0 Å². The van der Waals surface area contributed by atoms with E-state index in [1.54, 1.807) is 0 Å². The first kappa shape index (κ1) is 21.0. The molecule has 150 valence electrons. The van der Waals surface area contributed by atoms with Gasteiger partial charge in [-0.3, -0.25) is 9.79 Å². The second-order valence-corrected chi connectivity index (χ2v) is 10.8. The number of thioether (sulfide) groups is 1. The van der Waals surface area contributed by atoms with Gasteiger partial charge in [0.15, 0.2) is 0 Å². The van der Waals surface area contributed by atoms with E-state index in [0.29, 0.717) is 23.3 Å². The number of rotatable bonds is 2. The van der Waals surface area contributed by atoms with E-state index in [1.165, 1.54) is 18.6 Å². The van der Waals surface area contributed by atoms with Crippen LogP contribution in [-0.2, 0) is 4.79 Å². The molecule has 4 rings (SSSR count). The molecule has 3 unspecified atom stereocenters. The van der Waals surface area contributed by atoms with Gasteiger partial charge in [0.1, 0.15) is 0 Å². The van der Waals surface area contributed by atoms with Crippen molar-refractivity contribution >= 4 is 35.8 Å². The van der Waals surface area contributed by atoms with Gasteiger partial charge in [-0.2, -0.15) is 0 Å². The van der Waals surface area contributed by atoms with E-state index in [-0.39, 0.29) is 23.1 Å². The summed E-state index contributed by atoms with van der Waals surface area (Å²) in [6, 6.07) is 0.376. The molecule has 1 amide bonds. The van der Waals surface area contributed by atoms with Gasteiger partial charge in [-0.1, -0.05) is 39.0 Å². The molecule has 2 aliphatic carbocycles. The highest BCUT2D eigenvalue weighted by Crippen LogP contribution is 2.53. The summed E-state index contributed by atoms with van der Waals surface area (Å²) in [5.41, 5.74) is 1.57. The molecule has 5 heteroatoms. The second kappa shape index (κ2) is 7.94. The lowest BCUT2D eigenvalue weighted by atomic mass is 9.71. The van der Waals surface area contributed by atoms with Gasteiger partial charge in [0.25, 0.3) is 0 Å². The summed E-state index contributed by atoms with van der Waals surface area (Å²) in [6.07, 6.45) is 14.4. The molecule has 1 saturated carbocycles. The van der Waals surface area contributed by atoms with Crippen LogP contribution in [0.1, 0.15) is 52.9 Å². The standard InChI is InChI=1S/C22H32N2OS.ClH/c1-21(2,3)15-7-9-16(10-8-15)24-20(25)17-14-26-22-12-5-4-6-19(22)23-13-11-18(17)22;/h4-6,12,15-18H,7-11,13-14H2,1-3H3,(H,24,25);1H. The molecule has 27 heavy (non-hydrogen) atoms. The van der Waals surface area contributed by atoms with Crippen molar-refractivity contribution in [3.63, 3.8) is 0 Å². The zero-order valence-electron chi connectivity index (χ0n) is 16.7. The van der Waals surface area contributed by atoms with Gasteiger partial charge in [0, 0.05) is 18.3 Å². The Morgan fingerprint density at radius 1 is 1.19 bits per heavy atom. The molecule has 0 bridgehead atoms. The highest BCUT2D eigenvalue weighted by Gasteiger charge is 2.54. The normalized spacial score (nSPS) is 37.7. The predicted molar refractivity (Wildman–Crippen MR) is 118 cm³/mol. The second-order valence-electron chi connectivity index (χ2n) is 9.51. The zero-order valence-corrected chi connectivity index (χ0v) is 18.4. The van der Waals surface area contributed by atoms with Crippen LogP contribution in [-0.4, -0.2) is 34.7 Å². The number of nitrogens with one attached hydrogen (secondary N) is 1. The molecule has 1 N–H and O–H groups in total. The lowest BCUT2D eigenvalue weighted by Gasteiger charge is -2.39. The molecule has 2 fully saturated rings. The average Bonchev–Trinajstić information content (AvgIpc) is 2.99. The van der Waals surface area contributed by atoms with Gasteiger partial charge in [0.05, 0.1) is 16.4 Å². The summed E-state index contributed by atoms with van der Waals surface area (Å²) < 4.78 is -0.0428. The number of hydrogen-bond donors (Lipinski definition) is 1. The van der Waals surface area contributed by atoms with Crippen LogP contribution in [0, 0.1) is 23.2 Å². The van der Waals surface area contributed by atoms with Crippen LogP contribution in [0.15, 0.2) is 29.3 Å². The summed E-state index contributed by atoms with van der Waals surface area (Å²) in [5.74, 6) is 2.53. The number of carbonyl (C=O) groups excluding carboxylic acids is 1. The molecule has 0 aromatic heterocycles. The number of nitrogens with zero attached hydrogens (tertiary/aromatic N) is 1. The molecule has 2 heterocycles. The lowest BCUT2D eigenvalue weighted by Crippen LogP contribution is -2.48. The Bertz CT molecular complexity index is 658. The first-order valence-corrected chi connectivity index (χ1v) is 11.2. The van der Waals surface area contributed by atoms with Crippen molar-refractivity contribution < 1.29 is 4.79 Å². The van der Waals surface area contributed by atoms with Crippen molar-refractivity contribution in [3.05, 3.63) is 24.3 Å². The van der Waals surface area contributed by atoms with E-state index in [1.807, 2.05) is 11.8 Å². The third-order valence-corrected chi connectivity index (χ3v) is 8.66. The lowest BCUT2D eigenvalue weighted by molar-refractivity contribution is -0.126. The van der Waals surface area contributed by atoms with Crippen LogP contribution in [0.3, 0.4) is 0 Å². The molecule has 3 atom stereocenters. The summed E-state index contributed by atoms with van der Waals surface area (Å²) in [6.45, 7) is 7.90. The summed E-state index contributed by atoms with van der Waals surface area (Å²) in [7, 11) is 0. The van der Waals surface area contributed by atoms with Gasteiger partial charge >= 0.3 is 0 Å². The quantitative estimate of drug-likeness (QED) is 0.711. The minimum Gasteiger partial charge on any atom is -0.353 e. The molecular weight excluding hydrogens is 376 g/mol. The monoisotopic (exact) mass is 408 g/mol. The van der Waals surface area contributed by atoms with Gasteiger partial charge in [-0.05, 0) is 55.4 Å². The third kappa shape index (κ3) is 3.89. The topological polar surface area (TPSA) is 41.5 Å². The maximum absolute atomic E-state index is 13.1. The largest absolute Gasteiger partial charge is 0.353 e. The fraction of sp³-hybridized carbons (Fsp3) is 0.727. The first-order chi connectivity index (χ1) is 12.4. The summed E-state index contributed by atoms with van der Waals surface area (Å²) in [4.78, 5) is 17.9. The Morgan fingerprint density at radius 3 is 2.63 bits per heavy atom. The number of halogens is 1. The van der Waals surface area contributed by atoms with Crippen LogP contribution in [0.5, 0.6) is 0 Å². The van der Waals surface area contributed by atoms with Gasteiger partial charge in [0.2, 0.25) is 5.91 Å². The van der Waals surface area contributed by atoms with Crippen molar-refractivity contribution in [3.8, 4) is 0 Å². The molecule has 2 aliphatic heterocycles. The molecule has 1 saturated heterocycles. The highest BCUT2D eigenvalue weighted by molar-refractivity contribution is 8.02. The van der Waals surface area contributed by atoms with E-state index in [2.05, 4.69) is 50.4 Å². The first-order valence-electron chi connectivity index (χ1n) is 10.3. The number of carbonyl (C=O) groups is 1. The highest BCUT2D eigenvalue weighted by atomic mass is 35.5. The SMILES string of the molecule is CC(C)(C)C1CCC(NC(=O)C2CSC34C=CC=CC3=NCCC24)CC1.Cl. The molecule has 0 aromatic carbocycles. The van der Waals surface area contributed by atoms with Crippen molar-refractivity contribution in [2.45, 2.75) is 63.7 Å². The minimum absolute atomic E-state index is 0. The average molecular weight is 409 g/mol. The Kier molecular flexibility index (Phi) is 6.17. The van der Waals surface area contributed by atoms with E-state index >= 15 is 0 Å². The molecule has 1 spiro atoms. The third-order valence-electron chi connectivity index (χ3n) is 7.00.